The van der Waals surface area contributed by atoms with Crippen molar-refractivity contribution in [1.29, 1.82) is 0 Å². The quantitative estimate of drug-likeness (QED) is 0.645. The summed E-state index contributed by atoms with van der Waals surface area (Å²) in [4.78, 5) is 44.3. The zero-order valence-electron chi connectivity index (χ0n) is 18.6. The zero-order chi connectivity index (χ0) is 22.4. The van der Waals surface area contributed by atoms with Gasteiger partial charge in [0.1, 0.15) is 0 Å². The maximum absolute atomic E-state index is 13.2. The van der Waals surface area contributed by atoms with Gasteiger partial charge in [-0.05, 0) is 26.8 Å². The number of carbonyl (C=O) groups excluding carboxylic acids is 3. The maximum atomic E-state index is 13.2. The van der Waals surface area contributed by atoms with E-state index in [-0.39, 0.29) is 17.6 Å². The number of ketones is 1. The first-order valence-electron chi connectivity index (χ1n) is 10.9. The van der Waals surface area contributed by atoms with Crippen molar-refractivity contribution in [3.63, 3.8) is 0 Å². The second-order valence-electron chi connectivity index (χ2n) is 7.88. The fourth-order valence-electron chi connectivity index (χ4n) is 3.88. The highest BCUT2D eigenvalue weighted by atomic mass is 16.2. The number of hydrogen-bond donors (Lipinski definition) is 0. The van der Waals surface area contributed by atoms with E-state index in [1.54, 1.807) is 41.3 Å². The lowest BCUT2D eigenvalue weighted by Crippen LogP contribution is -2.51. The molecular weight excluding hydrogens is 390 g/mol. The monoisotopic (exact) mass is 421 g/mol. The molecule has 2 amide bonds. The van der Waals surface area contributed by atoms with E-state index in [2.05, 4.69) is 4.90 Å². The summed E-state index contributed by atoms with van der Waals surface area (Å²) >= 11 is 0. The molecule has 3 rings (SSSR count). The van der Waals surface area contributed by atoms with Crippen LogP contribution in [-0.4, -0.2) is 78.1 Å². The summed E-state index contributed by atoms with van der Waals surface area (Å²) in [7, 11) is 0. The van der Waals surface area contributed by atoms with Gasteiger partial charge in [0, 0.05) is 50.4 Å². The molecule has 1 saturated heterocycles. The summed E-state index contributed by atoms with van der Waals surface area (Å²) < 4.78 is 0. The highest BCUT2D eigenvalue weighted by Crippen LogP contribution is 2.18. The standard InChI is InChI=1S/C25H31N3O3/c1-4-27(5-2)23(29)18-26-14-16-28(17-15-26)25(31)22-9-7-6-8-21(22)24(30)20-12-10-19(3)11-13-20/h6-13H,4-5,14-18H2,1-3H3. The molecule has 2 aromatic carbocycles. The maximum Gasteiger partial charge on any atom is 0.254 e. The topological polar surface area (TPSA) is 60.9 Å². The van der Waals surface area contributed by atoms with E-state index in [9.17, 15) is 14.4 Å². The molecule has 31 heavy (non-hydrogen) atoms. The molecule has 1 fully saturated rings. The van der Waals surface area contributed by atoms with Crippen LogP contribution in [0.5, 0.6) is 0 Å². The van der Waals surface area contributed by atoms with Crippen molar-refractivity contribution in [3.05, 3.63) is 70.8 Å². The molecule has 1 aliphatic heterocycles. The second-order valence-corrected chi connectivity index (χ2v) is 7.88. The Kier molecular flexibility index (Phi) is 7.58. The third-order valence-corrected chi connectivity index (χ3v) is 5.85. The van der Waals surface area contributed by atoms with Gasteiger partial charge in [0.2, 0.25) is 5.91 Å². The van der Waals surface area contributed by atoms with E-state index in [1.807, 2.05) is 37.8 Å². The molecule has 1 heterocycles. The van der Waals surface area contributed by atoms with Gasteiger partial charge in [-0.3, -0.25) is 19.3 Å². The lowest BCUT2D eigenvalue weighted by atomic mass is 9.97. The van der Waals surface area contributed by atoms with Crippen LogP contribution in [0.3, 0.4) is 0 Å². The average molecular weight is 422 g/mol. The number of piperazine rings is 1. The predicted molar refractivity (Wildman–Crippen MR) is 121 cm³/mol. The SMILES string of the molecule is CCN(CC)C(=O)CN1CCN(C(=O)c2ccccc2C(=O)c2ccc(C)cc2)CC1. The van der Waals surface area contributed by atoms with Crippen LogP contribution in [0.25, 0.3) is 0 Å². The summed E-state index contributed by atoms with van der Waals surface area (Å²) in [5, 5.41) is 0. The van der Waals surface area contributed by atoms with Crippen molar-refractivity contribution in [2.75, 3.05) is 45.8 Å². The Bertz CT molecular complexity index is 927. The molecule has 1 aliphatic rings. The molecular formula is C25H31N3O3. The third-order valence-electron chi connectivity index (χ3n) is 5.85. The first kappa shape index (κ1) is 22.7. The number of rotatable bonds is 7. The molecule has 2 aromatic rings. The van der Waals surface area contributed by atoms with Gasteiger partial charge in [-0.25, -0.2) is 0 Å². The molecule has 0 atom stereocenters. The van der Waals surface area contributed by atoms with Gasteiger partial charge in [0.15, 0.2) is 5.78 Å². The molecule has 0 radical (unpaired) electrons. The normalized spacial score (nSPS) is 14.4. The molecule has 6 nitrogen and oxygen atoms in total. The Labute approximate surface area is 184 Å². The molecule has 0 aromatic heterocycles. The van der Waals surface area contributed by atoms with E-state index in [0.717, 1.165) is 5.56 Å². The summed E-state index contributed by atoms with van der Waals surface area (Å²) in [6.07, 6.45) is 0. The lowest BCUT2D eigenvalue weighted by Gasteiger charge is -2.35. The van der Waals surface area contributed by atoms with Crippen LogP contribution in [0.4, 0.5) is 0 Å². The highest BCUT2D eigenvalue weighted by molar-refractivity contribution is 6.15. The number of hydrogen-bond acceptors (Lipinski definition) is 4. The fraction of sp³-hybridized carbons (Fsp3) is 0.400. The van der Waals surface area contributed by atoms with Gasteiger partial charge in [0.05, 0.1) is 12.1 Å². The zero-order valence-corrected chi connectivity index (χ0v) is 18.6. The van der Waals surface area contributed by atoms with E-state index >= 15 is 0 Å². The number of likely N-dealkylation sites (N-methyl/N-ethyl adjacent to an activating group) is 1. The number of amides is 2. The smallest absolute Gasteiger partial charge is 0.254 e. The minimum atomic E-state index is -0.146. The Morgan fingerprint density at radius 1 is 0.839 bits per heavy atom. The first-order valence-corrected chi connectivity index (χ1v) is 10.9. The first-order chi connectivity index (χ1) is 14.9. The summed E-state index contributed by atoms with van der Waals surface area (Å²) in [5.74, 6) is -0.156. The van der Waals surface area contributed by atoms with E-state index in [4.69, 9.17) is 0 Å². The number of carbonyl (C=O) groups is 3. The second kappa shape index (κ2) is 10.4. The Morgan fingerprint density at radius 2 is 1.42 bits per heavy atom. The number of aryl methyl sites for hydroxylation is 1. The largest absolute Gasteiger partial charge is 0.342 e. The van der Waals surface area contributed by atoms with Crippen molar-refractivity contribution >= 4 is 17.6 Å². The van der Waals surface area contributed by atoms with Crippen molar-refractivity contribution in [3.8, 4) is 0 Å². The van der Waals surface area contributed by atoms with Gasteiger partial charge in [0.25, 0.3) is 5.91 Å². The molecule has 164 valence electrons. The lowest BCUT2D eigenvalue weighted by molar-refractivity contribution is -0.132. The van der Waals surface area contributed by atoms with Gasteiger partial charge >= 0.3 is 0 Å². The van der Waals surface area contributed by atoms with Crippen molar-refractivity contribution in [2.45, 2.75) is 20.8 Å². The minimum absolute atomic E-state index is 0.124. The molecule has 0 N–H and O–H groups in total. The molecule has 0 bridgehead atoms. The van der Waals surface area contributed by atoms with E-state index < -0.39 is 0 Å². The van der Waals surface area contributed by atoms with Crippen LogP contribution in [-0.2, 0) is 4.79 Å². The van der Waals surface area contributed by atoms with Crippen LogP contribution < -0.4 is 0 Å². The molecule has 0 spiro atoms. The van der Waals surface area contributed by atoms with Crippen LogP contribution in [0.1, 0.15) is 45.7 Å². The Morgan fingerprint density at radius 3 is 2.00 bits per heavy atom. The fourth-order valence-corrected chi connectivity index (χ4v) is 3.88. The minimum Gasteiger partial charge on any atom is -0.342 e. The molecule has 0 aliphatic carbocycles. The van der Waals surface area contributed by atoms with Crippen molar-refractivity contribution < 1.29 is 14.4 Å². The number of nitrogens with zero attached hydrogens (tertiary/aromatic N) is 3. The van der Waals surface area contributed by atoms with Crippen LogP contribution in [0.15, 0.2) is 48.5 Å². The van der Waals surface area contributed by atoms with Gasteiger partial charge in [-0.1, -0.05) is 48.0 Å². The number of benzene rings is 2. The van der Waals surface area contributed by atoms with Gasteiger partial charge in [-0.2, -0.15) is 0 Å². The van der Waals surface area contributed by atoms with Gasteiger partial charge < -0.3 is 9.80 Å². The van der Waals surface area contributed by atoms with Crippen LogP contribution in [0.2, 0.25) is 0 Å². The van der Waals surface area contributed by atoms with Gasteiger partial charge in [-0.15, -0.1) is 0 Å². The Balaban J connectivity index is 1.67. The molecule has 0 saturated carbocycles. The highest BCUT2D eigenvalue weighted by Gasteiger charge is 2.27. The van der Waals surface area contributed by atoms with Crippen molar-refractivity contribution in [2.24, 2.45) is 0 Å². The average Bonchev–Trinajstić information content (AvgIpc) is 2.80. The predicted octanol–water partition coefficient (Wildman–Crippen LogP) is 2.85. The molecule has 6 heteroatoms. The Hall–Kier alpha value is -2.99. The van der Waals surface area contributed by atoms with E-state index in [1.165, 1.54) is 0 Å². The summed E-state index contributed by atoms with van der Waals surface area (Å²) in [6.45, 7) is 10.1. The molecule has 0 unspecified atom stereocenters. The van der Waals surface area contributed by atoms with Crippen LogP contribution >= 0.6 is 0 Å². The van der Waals surface area contributed by atoms with E-state index in [0.29, 0.717) is 62.5 Å². The summed E-state index contributed by atoms with van der Waals surface area (Å²) in [6, 6.07) is 14.4. The summed E-state index contributed by atoms with van der Waals surface area (Å²) in [5.41, 5.74) is 2.51. The van der Waals surface area contributed by atoms with Crippen LogP contribution in [0, 0.1) is 6.92 Å². The third kappa shape index (κ3) is 5.39. The van der Waals surface area contributed by atoms with Crippen molar-refractivity contribution in [1.82, 2.24) is 14.7 Å².